The van der Waals surface area contributed by atoms with Crippen molar-refractivity contribution in [1.29, 1.82) is 0 Å². The molecule has 0 radical (unpaired) electrons. The van der Waals surface area contributed by atoms with Crippen LogP contribution in [0.15, 0.2) is 41.1 Å². The number of nitrogens with zero attached hydrogens (tertiary/aromatic N) is 1. The molecule has 0 atom stereocenters. The maximum absolute atomic E-state index is 5.06. The van der Waals surface area contributed by atoms with Gasteiger partial charge >= 0.3 is 0 Å². The van der Waals surface area contributed by atoms with Gasteiger partial charge in [-0.25, -0.2) is 4.99 Å². The van der Waals surface area contributed by atoms with Crippen LogP contribution in [0.25, 0.3) is 0 Å². The minimum Gasteiger partial charge on any atom is -0.390 e. The Hall–Kier alpha value is -1.31. The first-order valence-corrected chi connectivity index (χ1v) is 3.41. The van der Waals surface area contributed by atoms with Gasteiger partial charge in [-0.1, -0.05) is 24.3 Å². The molecule has 2 N–H and O–H groups in total. The van der Waals surface area contributed by atoms with Crippen LogP contribution in [0.1, 0.15) is 13.8 Å². The van der Waals surface area contributed by atoms with Gasteiger partial charge in [0, 0.05) is 0 Å². The normalized spacial score (nSPS) is 10.7. The summed E-state index contributed by atoms with van der Waals surface area (Å²) in [6.45, 7) is 7.70. The van der Waals surface area contributed by atoms with Gasteiger partial charge < -0.3 is 5.73 Å². The van der Waals surface area contributed by atoms with Crippen molar-refractivity contribution in [2.24, 2.45) is 10.7 Å². The van der Waals surface area contributed by atoms with E-state index in [1.165, 1.54) is 11.9 Å². The molecule has 2 nitrogen and oxygen atoms in total. The van der Waals surface area contributed by atoms with Crippen LogP contribution in [0.5, 0.6) is 0 Å². The Bertz CT molecular complexity index is 206. The van der Waals surface area contributed by atoms with E-state index in [-0.39, 0.29) is 0 Å². The zero-order valence-corrected chi connectivity index (χ0v) is 7.04. The van der Waals surface area contributed by atoms with Gasteiger partial charge in [0.2, 0.25) is 0 Å². The topological polar surface area (TPSA) is 38.4 Å². The first kappa shape index (κ1) is 9.69. The second kappa shape index (κ2) is 5.47. The van der Waals surface area contributed by atoms with Gasteiger partial charge in [0.05, 0.1) is 12.0 Å². The Kier molecular flexibility index (Phi) is 4.82. The SMILES string of the molecule is C=C(/C=C\C=C(C)C)N=CN. The fourth-order valence-electron chi connectivity index (χ4n) is 0.490. The van der Waals surface area contributed by atoms with Crippen LogP contribution in [0, 0.1) is 0 Å². The molecular weight excluding hydrogens is 136 g/mol. The maximum atomic E-state index is 5.06. The first-order chi connectivity index (χ1) is 5.16. The van der Waals surface area contributed by atoms with Crippen molar-refractivity contribution in [1.82, 2.24) is 0 Å². The predicted molar refractivity (Wildman–Crippen MR) is 50.4 cm³/mol. The Balaban J connectivity index is 3.94. The van der Waals surface area contributed by atoms with Crippen molar-refractivity contribution in [2.45, 2.75) is 13.8 Å². The summed E-state index contributed by atoms with van der Waals surface area (Å²) in [6, 6.07) is 0. The number of rotatable bonds is 3. The van der Waals surface area contributed by atoms with E-state index in [2.05, 4.69) is 11.6 Å². The second-order valence-corrected chi connectivity index (χ2v) is 2.37. The van der Waals surface area contributed by atoms with Gasteiger partial charge in [-0.15, -0.1) is 0 Å². The van der Waals surface area contributed by atoms with Gasteiger partial charge in [0.15, 0.2) is 0 Å². The summed E-state index contributed by atoms with van der Waals surface area (Å²) in [7, 11) is 0. The highest BCUT2D eigenvalue weighted by Gasteiger charge is 1.76. The molecule has 0 bridgehead atoms. The fourth-order valence-corrected chi connectivity index (χ4v) is 0.490. The molecule has 0 aliphatic rings. The number of hydrogen-bond acceptors (Lipinski definition) is 1. The molecule has 0 rings (SSSR count). The fraction of sp³-hybridized carbons (Fsp3) is 0.222. The van der Waals surface area contributed by atoms with Crippen molar-refractivity contribution in [3.63, 3.8) is 0 Å². The quantitative estimate of drug-likeness (QED) is 0.373. The summed E-state index contributed by atoms with van der Waals surface area (Å²) in [4.78, 5) is 3.76. The first-order valence-electron chi connectivity index (χ1n) is 3.41. The summed E-state index contributed by atoms with van der Waals surface area (Å²) < 4.78 is 0. The number of aliphatic imine (C=N–C) groups is 1. The van der Waals surface area contributed by atoms with Gasteiger partial charge in [0.25, 0.3) is 0 Å². The molecule has 0 aromatic rings. The smallest absolute Gasteiger partial charge is 0.0859 e. The molecule has 0 saturated heterocycles. The minimum absolute atomic E-state index is 0.657. The van der Waals surface area contributed by atoms with Crippen LogP contribution in [0.3, 0.4) is 0 Å². The molecule has 0 aliphatic heterocycles. The van der Waals surface area contributed by atoms with E-state index in [1.54, 1.807) is 6.08 Å². The number of allylic oxidation sites excluding steroid dienone is 4. The van der Waals surface area contributed by atoms with Crippen molar-refractivity contribution in [3.8, 4) is 0 Å². The van der Waals surface area contributed by atoms with E-state index >= 15 is 0 Å². The Morgan fingerprint density at radius 3 is 2.55 bits per heavy atom. The predicted octanol–water partition coefficient (Wildman–Crippen LogP) is 2.01. The van der Waals surface area contributed by atoms with E-state index in [0.717, 1.165) is 0 Å². The second-order valence-electron chi connectivity index (χ2n) is 2.37. The molecule has 0 aromatic heterocycles. The molecule has 60 valence electrons. The molecule has 0 aromatic carbocycles. The van der Waals surface area contributed by atoms with Crippen molar-refractivity contribution < 1.29 is 0 Å². The Labute approximate surface area is 67.8 Å². The summed E-state index contributed by atoms with van der Waals surface area (Å²) in [5.74, 6) is 0. The minimum atomic E-state index is 0.657. The molecule has 0 saturated carbocycles. The highest BCUT2D eigenvalue weighted by atomic mass is 14.8. The molecule has 11 heavy (non-hydrogen) atoms. The Morgan fingerprint density at radius 1 is 1.45 bits per heavy atom. The zero-order chi connectivity index (χ0) is 8.69. The third kappa shape index (κ3) is 6.58. The van der Waals surface area contributed by atoms with Gasteiger partial charge in [-0.05, 0) is 19.9 Å². The van der Waals surface area contributed by atoms with Crippen molar-refractivity contribution >= 4 is 6.34 Å². The monoisotopic (exact) mass is 150 g/mol. The molecule has 0 heterocycles. The lowest BCUT2D eigenvalue weighted by atomic mass is 10.3. The average molecular weight is 150 g/mol. The lowest BCUT2D eigenvalue weighted by Gasteiger charge is -1.86. The van der Waals surface area contributed by atoms with E-state index in [1.807, 2.05) is 26.0 Å². The van der Waals surface area contributed by atoms with E-state index in [9.17, 15) is 0 Å². The summed E-state index contributed by atoms with van der Waals surface area (Å²) >= 11 is 0. The molecule has 0 fully saturated rings. The molecule has 0 aliphatic carbocycles. The summed E-state index contributed by atoms with van der Waals surface area (Å²) in [5, 5.41) is 0. The Morgan fingerprint density at radius 2 is 2.09 bits per heavy atom. The zero-order valence-electron chi connectivity index (χ0n) is 7.04. The van der Waals surface area contributed by atoms with E-state index in [4.69, 9.17) is 5.73 Å². The molecule has 0 amide bonds. The lowest BCUT2D eigenvalue weighted by Crippen LogP contribution is -1.87. The van der Waals surface area contributed by atoms with Crippen LogP contribution in [-0.4, -0.2) is 6.34 Å². The van der Waals surface area contributed by atoms with E-state index in [0.29, 0.717) is 5.70 Å². The number of hydrogen-bond donors (Lipinski definition) is 1. The van der Waals surface area contributed by atoms with Crippen molar-refractivity contribution in [3.05, 3.63) is 36.1 Å². The van der Waals surface area contributed by atoms with Gasteiger partial charge in [-0.2, -0.15) is 0 Å². The van der Waals surface area contributed by atoms with Crippen LogP contribution in [-0.2, 0) is 0 Å². The van der Waals surface area contributed by atoms with Crippen LogP contribution in [0.2, 0.25) is 0 Å². The van der Waals surface area contributed by atoms with E-state index < -0.39 is 0 Å². The van der Waals surface area contributed by atoms with Crippen LogP contribution < -0.4 is 5.73 Å². The largest absolute Gasteiger partial charge is 0.390 e. The maximum Gasteiger partial charge on any atom is 0.0859 e. The molecule has 0 unspecified atom stereocenters. The number of nitrogens with two attached hydrogens (primary N) is 1. The molecule has 2 heteroatoms. The summed E-state index contributed by atoms with van der Waals surface area (Å²) in [6.07, 6.45) is 6.91. The highest BCUT2D eigenvalue weighted by molar-refractivity contribution is 5.54. The highest BCUT2D eigenvalue weighted by Crippen LogP contribution is 1.95. The average Bonchev–Trinajstić information content (AvgIpc) is 1.87. The summed E-state index contributed by atoms with van der Waals surface area (Å²) in [5.41, 5.74) is 6.96. The van der Waals surface area contributed by atoms with Crippen molar-refractivity contribution in [2.75, 3.05) is 0 Å². The third-order valence-electron chi connectivity index (χ3n) is 0.959. The third-order valence-corrected chi connectivity index (χ3v) is 0.959. The lowest BCUT2D eigenvalue weighted by molar-refractivity contribution is 1.38. The molecular formula is C9H14N2. The van der Waals surface area contributed by atoms with Crippen LogP contribution >= 0.6 is 0 Å². The van der Waals surface area contributed by atoms with Gasteiger partial charge in [-0.3, -0.25) is 0 Å². The van der Waals surface area contributed by atoms with Crippen LogP contribution in [0.4, 0.5) is 0 Å². The molecule has 0 spiro atoms. The van der Waals surface area contributed by atoms with Gasteiger partial charge in [0.1, 0.15) is 0 Å². The standard InChI is InChI=1S/C9H14N2/c1-8(2)5-4-6-9(3)11-7-10/h4-7H,3H2,1-2H3,(H2,10,11)/b6-4-.